The van der Waals surface area contributed by atoms with E-state index in [1.807, 2.05) is 4.90 Å². The fourth-order valence-corrected chi connectivity index (χ4v) is 4.15. The van der Waals surface area contributed by atoms with E-state index in [9.17, 15) is 4.79 Å². The minimum Gasteiger partial charge on any atom is -0.347 e. The number of nitrogens with zero attached hydrogens (tertiary/aromatic N) is 1. The van der Waals surface area contributed by atoms with Gasteiger partial charge in [0.1, 0.15) is 0 Å². The average molecular weight is 330 g/mol. The van der Waals surface area contributed by atoms with Crippen molar-refractivity contribution in [2.24, 2.45) is 0 Å². The Morgan fingerprint density at radius 2 is 1.88 bits per heavy atom. The van der Waals surface area contributed by atoms with Gasteiger partial charge in [0.25, 0.3) is 0 Å². The molecule has 0 saturated carbocycles. The minimum atomic E-state index is -0.425. The van der Waals surface area contributed by atoms with Gasteiger partial charge in [-0.15, -0.1) is 0 Å². The van der Waals surface area contributed by atoms with Gasteiger partial charge in [-0.1, -0.05) is 30.7 Å². The summed E-state index contributed by atoms with van der Waals surface area (Å²) in [4.78, 5) is 14.6. The first-order valence-electron chi connectivity index (χ1n) is 9.17. The van der Waals surface area contributed by atoms with E-state index in [1.165, 1.54) is 17.5 Å². The second-order valence-corrected chi connectivity index (χ2v) is 7.04. The Hall–Kier alpha value is -1.59. The van der Waals surface area contributed by atoms with E-state index in [0.29, 0.717) is 26.3 Å². The van der Waals surface area contributed by atoms with Crippen molar-refractivity contribution < 1.29 is 14.3 Å². The number of hydrogen-bond donors (Lipinski definition) is 1. The molecule has 1 spiro atoms. The molecule has 2 amide bonds. The van der Waals surface area contributed by atoms with Crippen molar-refractivity contribution in [2.75, 3.05) is 26.3 Å². The molecular formula is C19H26N2O3. The number of likely N-dealkylation sites (tertiary alicyclic amines) is 1. The Labute approximate surface area is 143 Å². The summed E-state index contributed by atoms with van der Waals surface area (Å²) in [6, 6.07) is 8.70. The molecule has 1 N–H and O–H groups in total. The third-order valence-electron chi connectivity index (χ3n) is 5.54. The first kappa shape index (κ1) is 15.9. The standard InChI is InChI=1S/C19H26N2O3/c22-18(21-11-9-19(10-12-21)23-13-14-24-19)20-17-8-4-2-6-15-5-1-3-7-16(15)17/h1,3,5,7,17H,2,4,6,8-14H2,(H,20,22)/t17-/m1/s1. The number of rotatable bonds is 1. The van der Waals surface area contributed by atoms with Crippen molar-refractivity contribution >= 4 is 6.03 Å². The predicted octanol–water partition coefficient (Wildman–Crippen LogP) is 3.00. The SMILES string of the molecule is O=C(N[C@@H]1CCCCc2ccccc21)N1CCC2(CC1)OCCO2. The number of piperidine rings is 1. The lowest BCUT2D eigenvalue weighted by Crippen LogP contribution is -2.50. The van der Waals surface area contributed by atoms with E-state index in [1.54, 1.807) is 0 Å². The lowest BCUT2D eigenvalue weighted by Gasteiger charge is -2.38. The smallest absolute Gasteiger partial charge is 0.317 e. The summed E-state index contributed by atoms with van der Waals surface area (Å²) in [5, 5.41) is 3.27. The average Bonchev–Trinajstić information content (AvgIpc) is 2.96. The van der Waals surface area contributed by atoms with Crippen LogP contribution in [0.25, 0.3) is 0 Å². The first-order valence-corrected chi connectivity index (χ1v) is 9.17. The van der Waals surface area contributed by atoms with Crippen LogP contribution in [0.3, 0.4) is 0 Å². The highest BCUT2D eigenvalue weighted by Crippen LogP contribution is 2.32. The van der Waals surface area contributed by atoms with Gasteiger partial charge in [-0.2, -0.15) is 0 Å². The molecule has 130 valence electrons. The number of carbonyl (C=O) groups is 1. The van der Waals surface area contributed by atoms with E-state index in [0.717, 1.165) is 32.1 Å². The monoisotopic (exact) mass is 330 g/mol. The maximum Gasteiger partial charge on any atom is 0.317 e. The number of benzene rings is 1. The summed E-state index contributed by atoms with van der Waals surface area (Å²) in [7, 11) is 0. The molecule has 0 unspecified atom stereocenters. The molecule has 0 radical (unpaired) electrons. The number of fused-ring (bicyclic) bond motifs is 1. The van der Waals surface area contributed by atoms with Gasteiger partial charge in [0.15, 0.2) is 5.79 Å². The number of nitrogens with one attached hydrogen (secondary N) is 1. The van der Waals surface area contributed by atoms with Crippen molar-refractivity contribution in [1.29, 1.82) is 0 Å². The summed E-state index contributed by atoms with van der Waals surface area (Å²) < 4.78 is 11.5. The van der Waals surface area contributed by atoms with E-state index >= 15 is 0 Å². The van der Waals surface area contributed by atoms with Crippen LogP contribution in [-0.2, 0) is 15.9 Å². The van der Waals surface area contributed by atoms with Gasteiger partial charge in [-0.3, -0.25) is 0 Å². The zero-order chi connectivity index (χ0) is 16.4. The Bertz CT molecular complexity index is 588. The van der Waals surface area contributed by atoms with E-state index in [-0.39, 0.29) is 12.1 Å². The van der Waals surface area contributed by atoms with Crippen LogP contribution in [0.1, 0.15) is 49.3 Å². The predicted molar refractivity (Wildman–Crippen MR) is 90.7 cm³/mol. The lowest BCUT2D eigenvalue weighted by atomic mass is 9.99. The molecule has 1 aromatic rings. The molecule has 2 heterocycles. The molecule has 2 aliphatic heterocycles. The van der Waals surface area contributed by atoms with E-state index in [4.69, 9.17) is 9.47 Å². The van der Waals surface area contributed by atoms with Crippen molar-refractivity contribution in [3.05, 3.63) is 35.4 Å². The van der Waals surface area contributed by atoms with Crippen LogP contribution in [0.4, 0.5) is 4.79 Å². The number of hydrogen-bond acceptors (Lipinski definition) is 3. The highest BCUT2D eigenvalue weighted by Gasteiger charge is 2.41. The first-order chi connectivity index (χ1) is 11.8. The summed E-state index contributed by atoms with van der Waals surface area (Å²) in [6.07, 6.45) is 6.02. The lowest BCUT2D eigenvalue weighted by molar-refractivity contribution is -0.181. The normalized spacial score (nSPS) is 26.0. The largest absolute Gasteiger partial charge is 0.347 e. The van der Waals surface area contributed by atoms with E-state index < -0.39 is 5.79 Å². The molecule has 1 aromatic carbocycles. The number of ether oxygens (including phenoxy) is 2. The summed E-state index contributed by atoms with van der Waals surface area (Å²) in [5.41, 5.74) is 2.67. The van der Waals surface area contributed by atoms with Gasteiger partial charge in [0.05, 0.1) is 19.3 Å². The molecule has 1 atom stereocenters. The van der Waals surface area contributed by atoms with Crippen LogP contribution in [0, 0.1) is 0 Å². The second-order valence-electron chi connectivity index (χ2n) is 7.04. The highest BCUT2D eigenvalue weighted by atomic mass is 16.7. The number of carbonyl (C=O) groups excluding carboxylic acids is 1. The van der Waals surface area contributed by atoms with Gasteiger partial charge in [0.2, 0.25) is 0 Å². The molecule has 0 bridgehead atoms. The Kier molecular flexibility index (Phi) is 4.46. The molecule has 2 fully saturated rings. The third kappa shape index (κ3) is 3.15. The number of urea groups is 1. The maximum atomic E-state index is 12.7. The van der Waals surface area contributed by atoms with Crippen LogP contribution < -0.4 is 5.32 Å². The zero-order valence-corrected chi connectivity index (χ0v) is 14.1. The van der Waals surface area contributed by atoms with Crippen LogP contribution in [0.5, 0.6) is 0 Å². The van der Waals surface area contributed by atoms with Gasteiger partial charge in [0, 0.05) is 25.9 Å². The van der Waals surface area contributed by atoms with Crippen LogP contribution >= 0.6 is 0 Å². The fourth-order valence-electron chi connectivity index (χ4n) is 4.15. The molecule has 1 aliphatic carbocycles. The van der Waals surface area contributed by atoms with E-state index in [2.05, 4.69) is 29.6 Å². The van der Waals surface area contributed by atoms with Gasteiger partial charge >= 0.3 is 6.03 Å². The Morgan fingerprint density at radius 1 is 1.12 bits per heavy atom. The van der Waals surface area contributed by atoms with Crippen LogP contribution in [0.2, 0.25) is 0 Å². The molecule has 5 nitrogen and oxygen atoms in total. The van der Waals surface area contributed by atoms with Gasteiger partial charge < -0.3 is 19.7 Å². The highest BCUT2D eigenvalue weighted by molar-refractivity contribution is 5.75. The number of aryl methyl sites for hydroxylation is 1. The second kappa shape index (κ2) is 6.73. The molecule has 4 rings (SSSR count). The van der Waals surface area contributed by atoms with Crippen molar-refractivity contribution in [2.45, 2.75) is 50.4 Å². The molecule has 3 aliphatic rings. The Morgan fingerprint density at radius 3 is 2.67 bits per heavy atom. The molecule has 5 heteroatoms. The third-order valence-corrected chi connectivity index (χ3v) is 5.54. The van der Waals surface area contributed by atoms with Crippen LogP contribution in [0.15, 0.2) is 24.3 Å². The zero-order valence-electron chi connectivity index (χ0n) is 14.1. The topological polar surface area (TPSA) is 50.8 Å². The van der Waals surface area contributed by atoms with Crippen molar-refractivity contribution in [1.82, 2.24) is 10.2 Å². The Balaban J connectivity index is 1.39. The van der Waals surface area contributed by atoms with Gasteiger partial charge in [-0.05, 0) is 30.4 Å². The van der Waals surface area contributed by atoms with Crippen molar-refractivity contribution in [3.8, 4) is 0 Å². The molecule has 24 heavy (non-hydrogen) atoms. The van der Waals surface area contributed by atoms with Gasteiger partial charge in [-0.25, -0.2) is 4.79 Å². The molecule has 2 saturated heterocycles. The summed E-state index contributed by atoms with van der Waals surface area (Å²) >= 11 is 0. The quantitative estimate of drug-likeness (QED) is 0.805. The van der Waals surface area contributed by atoms with Crippen LogP contribution in [-0.4, -0.2) is 43.0 Å². The number of amides is 2. The maximum absolute atomic E-state index is 12.7. The fraction of sp³-hybridized carbons (Fsp3) is 0.632. The molecular weight excluding hydrogens is 304 g/mol. The minimum absolute atomic E-state index is 0.0459. The summed E-state index contributed by atoms with van der Waals surface area (Å²) in [6.45, 7) is 2.73. The molecule has 0 aromatic heterocycles. The van der Waals surface area contributed by atoms with Crippen molar-refractivity contribution in [3.63, 3.8) is 0 Å². The summed E-state index contributed by atoms with van der Waals surface area (Å²) in [5.74, 6) is -0.425.